The summed E-state index contributed by atoms with van der Waals surface area (Å²) in [5, 5.41) is 0. The number of nitrogens with two attached hydrogens (primary N) is 1. The molecule has 96 valence electrons. The molecule has 4 rings (SSSR count). The van der Waals surface area contributed by atoms with E-state index in [1.807, 2.05) is 0 Å². The first-order valence-electron chi connectivity index (χ1n) is 7.15. The van der Waals surface area contributed by atoms with Gasteiger partial charge in [0.1, 0.15) is 0 Å². The zero-order valence-corrected chi connectivity index (χ0v) is 10.9. The molecule has 3 aliphatic carbocycles. The van der Waals surface area contributed by atoms with Gasteiger partial charge >= 0.3 is 0 Å². The van der Waals surface area contributed by atoms with Crippen molar-refractivity contribution in [1.82, 2.24) is 4.90 Å². The molecule has 4 aliphatic rings. The minimum Gasteiger partial charge on any atom is -0.340 e. The van der Waals surface area contributed by atoms with Crippen molar-refractivity contribution < 1.29 is 4.79 Å². The maximum absolute atomic E-state index is 12.8. The highest BCUT2D eigenvalue weighted by Gasteiger charge is 2.52. The Morgan fingerprint density at radius 1 is 1.18 bits per heavy atom. The van der Waals surface area contributed by atoms with Crippen molar-refractivity contribution in [2.75, 3.05) is 6.54 Å². The maximum atomic E-state index is 12.8. The first-order chi connectivity index (χ1) is 8.05. The average Bonchev–Trinajstić information content (AvgIpc) is 2.76. The summed E-state index contributed by atoms with van der Waals surface area (Å²) in [5.74, 6) is 0.448. The third-order valence-corrected chi connectivity index (χ3v) is 5.57. The largest absolute Gasteiger partial charge is 0.340 e. The van der Waals surface area contributed by atoms with Crippen LogP contribution in [0.25, 0.3) is 0 Å². The smallest absolute Gasteiger partial charge is 0.229 e. The molecule has 3 heteroatoms. The average molecular weight is 236 g/mol. The van der Waals surface area contributed by atoms with Gasteiger partial charge in [0.2, 0.25) is 5.91 Å². The fourth-order valence-corrected chi connectivity index (χ4v) is 4.08. The van der Waals surface area contributed by atoms with Crippen LogP contribution >= 0.6 is 0 Å². The van der Waals surface area contributed by atoms with Gasteiger partial charge in [0, 0.05) is 23.5 Å². The van der Waals surface area contributed by atoms with Gasteiger partial charge in [0.05, 0.1) is 0 Å². The van der Waals surface area contributed by atoms with Crippen LogP contribution in [0.1, 0.15) is 58.3 Å². The number of likely N-dealkylation sites (tertiary alicyclic amines) is 1. The van der Waals surface area contributed by atoms with Crippen LogP contribution in [0.3, 0.4) is 0 Å². The normalized spacial score (nSPS) is 45.3. The monoisotopic (exact) mass is 236 g/mol. The SMILES string of the molecule is C[C@H]1CCCN1C(=O)C12CCC(N)(CC1)CC2. The van der Waals surface area contributed by atoms with Crippen molar-refractivity contribution in [3.8, 4) is 0 Å². The zero-order chi connectivity index (χ0) is 12.1. The van der Waals surface area contributed by atoms with Crippen LogP contribution in [0.2, 0.25) is 0 Å². The van der Waals surface area contributed by atoms with Crippen molar-refractivity contribution in [3.05, 3.63) is 0 Å². The molecule has 1 heterocycles. The number of carbonyl (C=O) groups excluding carboxylic acids is 1. The highest BCUT2D eigenvalue weighted by atomic mass is 16.2. The van der Waals surface area contributed by atoms with Crippen LogP contribution in [0.5, 0.6) is 0 Å². The molecule has 3 saturated carbocycles. The van der Waals surface area contributed by atoms with Gasteiger partial charge in [-0.15, -0.1) is 0 Å². The summed E-state index contributed by atoms with van der Waals surface area (Å²) in [6.07, 6.45) is 8.64. The fraction of sp³-hybridized carbons (Fsp3) is 0.929. The van der Waals surface area contributed by atoms with Crippen LogP contribution in [0, 0.1) is 5.41 Å². The third-order valence-electron chi connectivity index (χ3n) is 5.57. The van der Waals surface area contributed by atoms with E-state index in [4.69, 9.17) is 5.73 Å². The molecular formula is C14H24N2O. The second-order valence-corrected chi connectivity index (χ2v) is 6.63. The lowest BCUT2D eigenvalue weighted by atomic mass is 9.57. The summed E-state index contributed by atoms with van der Waals surface area (Å²) in [6, 6.07) is 0.461. The number of carbonyl (C=O) groups is 1. The lowest BCUT2D eigenvalue weighted by Crippen LogP contribution is -2.57. The van der Waals surface area contributed by atoms with Crippen LogP contribution in [-0.4, -0.2) is 28.9 Å². The number of hydrogen-bond acceptors (Lipinski definition) is 2. The standard InChI is InChI=1S/C14H24N2O/c1-11-3-2-10-16(11)12(17)13-4-7-14(15,8-5-13)9-6-13/h11H,2-10,15H2,1H3/t11-,13?,14?/m0/s1. The molecule has 1 aliphatic heterocycles. The Balaban J connectivity index is 1.78. The molecule has 1 amide bonds. The lowest BCUT2D eigenvalue weighted by Gasteiger charge is -2.52. The van der Waals surface area contributed by atoms with Crippen molar-refractivity contribution in [1.29, 1.82) is 0 Å². The van der Waals surface area contributed by atoms with Crippen molar-refractivity contribution >= 4 is 5.91 Å². The number of fused-ring (bicyclic) bond motifs is 3. The van der Waals surface area contributed by atoms with Gasteiger partial charge in [0.15, 0.2) is 0 Å². The lowest BCUT2D eigenvalue weighted by molar-refractivity contribution is -0.149. The molecule has 0 unspecified atom stereocenters. The Labute approximate surface area is 104 Å². The quantitative estimate of drug-likeness (QED) is 0.757. The van der Waals surface area contributed by atoms with E-state index < -0.39 is 0 Å². The van der Waals surface area contributed by atoms with E-state index in [1.54, 1.807) is 0 Å². The van der Waals surface area contributed by atoms with Gasteiger partial charge in [-0.2, -0.15) is 0 Å². The van der Waals surface area contributed by atoms with Crippen LogP contribution in [0.15, 0.2) is 0 Å². The van der Waals surface area contributed by atoms with E-state index >= 15 is 0 Å². The predicted molar refractivity (Wildman–Crippen MR) is 67.5 cm³/mol. The second-order valence-electron chi connectivity index (χ2n) is 6.63. The molecule has 1 atom stereocenters. The van der Waals surface area contributed by atoms with Gasteiger partial charge < -0.3 is 10.6 Å². The molecule has 0 aromatic carbocycles. The molecule has 0 radical (unpaired) electrons. The first kappa shape index (κ1) is 11.5. The Hall–Kier alpha value is -0.570. The highest BCUT2D eigenvalue weighted by molar-refractivity contribution is 5.83. The molecule has 0 spiro atoms. The number of rotatable bonds is 1. The van der Waals surface area contributed by atoms with E-state index in [2.05, 4.69) is 11.8 Å². The topological polar surface area (TPSA) is 46.3 Å². The molecule has 3 nitrogen and oxygen atoms in total. The summed E-state index contributed by atoms with van der Waals surface area (Å²) in [7, 11) is 0. The molecule has 1 saturated heterocycles. The van der Waals surface area contributed by atoms with Gasteiger partial charge in [-0.3, -0.25) is 4.79 Å². The molecule has 0 aromatic heterocycles. The minimum absolute atomic E-state index is 0.0281. The summed E-state index contributed by atoms with van der Waals surface area (Å²) in [4.78, 5) is 14.9. The number of amides is 1. The van der Waals surface area contributed by atoms with E-state index in [9.17, 15) is 4.79 Å². The Bertz CT molecular complexity index is 315. The van der Waals surface area contributed by atoms with Crippen molar-refractivity contribution in [2.24, 2.45) is 11.1 Å². The van der Waals surface area contributed by atoms with Crippen molar-refractivity contribution in [2.45, 2.75) is 69.9 Å². The molecule has 4 fully saturated rings. The van der Waals surface area contributed by atoms with Crippen LogP contribution in [0.4, 0.5) is 0 Å². The van der Waals surface area contributed by atoms with E-state index in [0.717, 1.165) is 45.1 Å². The third kappa shape index (κ3) is 1.70. The fourth-order valence-electron chi connectivity index (χ4n) is 4.08. The Morgan fingerprint density at radius 2 is 1.76 bits per heavy atom. The van der Waals surface area contributed by atoms with Crippen LogP contribution in [-0.2, 0) is 4.79 Å². The summed E-state index contributed by atoms with van der Waals surface area (Å²) < 4.78 is 0. The highest BCUT2D eigenvalue weighted by Crippen LogP contribution is 2.52. The molecule has 0 aromatic rings. The maximum Gasteiger partial charge on any atom is 0.229 e. The minimum atomic E-state index is -0.0281. The summed E-state index contributed by atoms with van der Waals surface area (Å²) in [5.41, 5.74) is 6.35. The van der Waals surface area contributed by atoms with Gasteiger partial charge in [-0.25, -0.2) is 0 Å². The number of nitrogens with zero attached hydrogens (tertiary/aromatic N) is 1. The zero-order valence-electron chi connectivity index (χ0n) is 10.9. The summed E-state index contributed by atoms with van der Waals surface area (Å²) >= 11 is 0. The molecule has 2 N–H and O–H groups in total. The molecule has 17 heavy (non-hydrogen) atoms. The predicted octanol–water partition coefficient (Wildman–Crippen LogP) is 2.05. The van der Waals surface area contributed by atoms with E-state index in [-0.39, 0.29) is 11.0 Å². The van der Waals surface area contributed by atoms with E-state index in [1.165, 1.54) is 12.8 Å². The molecule has 2 bridgehead atoms. The number of hydrogen-bond donors (Lipinski definition) is 1. The first-order valence-corrected chi connectivity index (χ1v) is 7.15. The summed E-state index contributed by atoms with van der Waals surface area (Å²) in [6.45, 7) is 3.18. The van der Waals surface area contributed by atoms with Gasteiger partial charge in [-0.05, 0) is 58.3 Å². The van der Waals surface area contributed by atoms with Gasteiger partial charge in [-0.1, -0.05) is 0 Å². The Morgan fingerprint density at radius 3 is 2.24 bits per heavy atom. The van der Waals surface area contributed by atoms with E-state index in [0.29, 0.717) is 11.9 Å². The van der Waals surface area contributed by atoms with Crippen molar-refractivity contribution in [3.63, 3.8) is 0 Å². The van der Waals surface area contributed by atoms with Gasteiger partial charge in [0.25, 0.3) is 0 Å². The van der Waals surface area contributed by atoms with Crippen LogP contribution < -0.4 is 5.73 Å². The second kappa shape index (κ2) is 3.71. The Kier molecular flexibility index (Phi) is 2.51. The molecular weight excluding hydrogens is 212 g/mol.